The number of ether oxygens (including phenoxy) is 1. The zero-order valence-electron chi connectivity index (χ0n) is 19.4. The molecule has 0 fully saturated rings. The zero-order valence-corrected chi connectivity index (χ0v) is 19.4. The highest BCUT2D eigenvalue weighted by Gasteiger charge is 2.20. The van der Waals surface area contributed by atoms with Gasteiger partial charge in [-0.1, -0.05) is 84.9 Å². The van der Waals surface area contributed by atoms with Crippen molar-refractivity contribution in [2.45, 2.75) is 0 Å². The van der Waals surface area contributed by atoms with Gasteiger partial charge in [0.25, 0.3) is 0 Å². The third kappa shape index (κ3) is 2.79. The zero-order chi connectivity index (χ0) is 23.6. The molecular formula is C34H20O2. The lowest BCUT2D eigenvalue weighted by atomic mass is 9.91. The molecule has 2 heterocycles. The lowest BCUT2D eigenvalue weighted by Crippen LogP contribution is -1.97. The van der Waals surface area contributed by atoms with Crippen molar-refractivity contribution in [3.8, 4) is 44.9 Å². The molecule has 168 valence electrons. The van der Waals surface area contributed by atoms with Crippen molar-refractivity contribution in [1.29, 1.82) is 0 Å². The molecule has 0 atom stereocenters. The molecule has 1 aliphatic rings. The van der Waals surface area contributed by atoms with Gasteiger partial charge in [0.05, 0.1) is 0 Å². The van der Waals surface area contributed by atoms with E-state index in [4.69, 9.17) is 9.15 Å². The first kappa shape index (κ1) is 19.5. The van der Waals surface area contributed by atoms with Crippen molar-refractivity contribution < 1.29 is 9.15 Å². The van der Waals surface area contributed by atoms with Gasteiger partial charge in [0.2, 0.25) is 0 Å². The smallest absolute Gasteiger partial charge is 0.136 e. The summed E-state index contributed by atoms with van der Waals surface area (Å²) in [5.74, 6) is 1.82. The molecule has 1 aromatic heterocycles. The van der Waals surface area contributed by atoms with E-state index >= 15 is 0 Å². The van der Waals surface area contributed by atoms with E-state index in [9.17, 15) is 0 Å². The van der Waals surface area contributed by atoms with Gasteiger partial charge < -0.3 is 9.15 Å². The first-order valence-corrected chi connectivity index (χ1v) is 12.2. The summed E-state index contributed by atoms with van der Waals surface area (Å²) in [6.45, 7) is 0. The van der Waals surface area contributed by atoms with Gasteiger partial charge in [-0.2, -0.15) is 0 Å². The van der Waals surface area contributed by atoms with Crippen LogP contribution in [0.2, 0.25) is 0 Å². The van der Waals surface area contributed by atoms with Crippen LogP contribution < -0.4 is 4.74 Å². The second-order valence-corrected chi connectivity index (χ2v) is 9.33. The molecule has 0 spiro atoms. The van der Waals surface area contributed by atoms with Crippen molar-refractivity contribution in [1.82, 2.24) is 0 Å². The van der Waals surface area contributed by atoms with E-state index in [0.717, 1.165) is 39.0 Å². The summed E-state index contributed by atoms with van der Waals surface area (Å²) in [7, 11) is 0. The Morgan fingerprint density at radius 1 is 0.417 bits per heavy atom. The molecule has 36 heavy (non-hydrogen) atoms. The summed E-state index contributed by atoms with van der Waals surface area (Å²) in [5.41, 5.74) is 8.87. The Morgan fingerprint density at radius 3 is 2.14 bits per heavy atom. The monoisotopic (exact) mass is 460 g/mol. The quantitative estimate of drug-likeness (QED) is 0.256. The fourth-order valence-corrected chi connectivity index (χ4v) is 5.63. The number of benzene rings is 6. The number of fused-ring (bicyclic) bond motifs is 5. The fourth-order valence-electron chi connectivity index (χ4n) is 5.63. The van der Waals surface area contributed by atoms with Crippen LogP contribution in [-0.4, -0.2) is 0 Å². The van der Waals surface area contributed by atoms with E-state index in [1.54, 1.807) is 0 Å². The molecule has 6 aromatic carbocycles. The van der Waals surface area contributed by atoms with Gasteiger partial charge in [-0.15, -0.1) is 0 Å². The average Bonchev–Trinajstić information content (AvgIpc) is 3.32. The number of hydrogen-bond acceptors (Lipinski definition) is 2. The minimum Gasteiger partial charge on any atom is -0.456 e. The predicted octanol–water partition coefficient (Wildman–Crippen LogP) is 9.85. The minimum absolute atomic E-state index is 0.899. The van der Waals surface area contributed by atoms with Crippen LogP contribution in [0.3, 0.4) is 0 Å². The first-order chi connectivity index (χ1) is 17.8. The normalized spacial score (nSPS) is 12.1. The number of hydrogen-bond donors (Lipinski definition) is 0. The molecule has 0 unspecified atom stereocenters. The maximum atomic E-state index is 6.30. The lowest BCUT2D eigenvalue weighted by Gasteiger charge is -2.22. The average molecular weight is 461 g/mol. The van der Waals surface area contributed by atoms with Crippen LogP contribution in [0.25, 0.3) is 66.1 Å². The Hall–Kier alpha value is -4.82. The van der Waals surface area contributed by atoms with Gasteiger partial charge in [0.15, 0.2) is 0 Å². The van der Waals surface area contributed by atoms with Crippen LogP contribution in [-0.2, 0) is 0 Å². The molecule has 0 aliphatic carbocycles. The second-order valence-electron chi connectivity index (χ2n) is 9.33. The van der Waals surface area contributed by atoms with E-state index in [1.807, 2.05) is 24.3 Å². The summed E-state index contributed by atoms with van der Waals surface area (Å²) in [5, 5.41) is 4.68. The molecule has 0 radical (unpaired) electrons. The Kier molecular flexibility index (Phi) is 3.97. The Bertz CT molecular complexity index is 1970. The van der Waals surface area contributed by atoms with E-state index in [2.05, 4.69) is 97.1 Å². The Balaban J connectivity index is 1.30. The third-order valence-corrected chi connectivity index (χ3v) is 7.27. The van der Waals surface area contributed by atoms with Crippen molar-refractivity contribution in [3.63, 3.8) is 0 Å². The highest BCUT2D eigenvalue weighted by atomic mass is 16.5. The number of furan rings is 1. The molecular weight excluding hydrogens is 440 g/mol. The largest absolute Gasteiger partial charge is 0.456 e. The van der Waals surface area contributed by atoms with Crippen LogP contribution in [0.15, 0.2) is 126 Å². The van der Waals surface area contributed by atoms with Gasteiger partial charge in [-0.25, -0.2) is 0 Å². The Labute approximate surface area is 208 Å². The van der Waals surface area contributed by atoms with Gasteiger partial charge in [0, 0.05) is 21.7 Å². The SMILES string of the molecule is c1cc(-c2ccc3c(c2)-c2cccc4cccc(c24)O3)cc(-c2cccc3oc4ccccc4c23)c1. The van der Waals surface area contributed by atoms with Gasteiger partial charge in [-0.3, -0.25) is 0 Å². The van der Waals surface area contributed by atoms with Gasteiger partial charge in [-0.05, 0) is 69.6 Å². The molecule has 1 aliphatic heterocycles. The summed E-state index contributed by atoms with van der Waals surface area (Å²) in [6.07, 6.45) is 0. The summed E-state index contributed by atoms with van der Waals surface area (Å²) in [4.78, 5) is 0. The minimum atomic E-state index is 0.899. The summed E-state index contributed by atoms with van der Waals surface area (Å²) < 4.78 is 12.4. The topological polar surface area (TPSA) is 22.4 Å². The maximum absolute atomic E-state index is 6.30. The van der Waals surface area contributed by atoms with Crippen LogP contribution in [0.1, 0.15) is 0 Å². The van der Waals surface area contributed by atoms with E-state index in [1.165, 1.54) is 38.6 Å². The van der Waals surface area contributed by atoms with Crippen LogP contribution >= 0.6 is 0 Å². The highest BCUT2D eigenvalue weighted by Crippen LogP contribution is 2.47. The molecule has 7 aromatic rings. The first-order valence-electron chi connectivity index (χ1n) is 12.2. The molecule has 0 N–H and O–H groups in total. The molecule has 2 heteroatoms. The number of rotatable bonds is 2. The fraction of sp³-hybridized carbons (Fsp3) is 0. The standard InChI is InChI=1S/C34H20O2/c1-2-14-29-27(11-1)34-25(12-6-16-32(34)35-29)24-10-3-9-22(19-24)23-17-18-30-28(20-23)26-13-4-7-21-8-5-15-31(36-30)33(21)26/h1-20H. The van der Waals surface area contributed by atoms with Gasteiger partial charge in [0.1, 0.15) is 22.7 Å². The van der Waals surface area contributed by atoms with Gasteiger partial charge >= 0.3 is 0 Å². The van der Waals surface area contributed by atoms with E-state index in [-0.39, 0.29) is 0 Å². The van der Waals surface area contributed by atoms with Crippen molar-refractivity contribution in [2.75, 3.05) is 0 Å². The van der Waals surface area contributed by atoms with E-state index < -0.39 is 0 Å². The molecule has 0 saturated heterocycles. The van der Waals surface area contributed by atoms with Crippen LogP contribution in [0.4, 0.5) is 0 Å². The van der Waals surface area contributed by atoms with Crippen molar-refractivity contribution in [3.05, 3.63) is 121 Å². The summed E-state index contributed by atoms with van der Waals surface area (Å²) >= 11 is 0. The summed E-state index contributed by atoms with van der Waals surface area (Å²) in [6, 6.07) is 42.5. The number of para-hydroxylation sites is 1. The molecule has 0 bridgehead atoms. The molecule has 8 rings (SSSR count). The third-order valence-electron chi connectivity index (χ3n) is 7.27. The van der Waals surface area contributed by atoms with Crippen LogP contribution in [0, 0.1) is 0 Å². The van der Waals surface area contributed by atoms with E-state index in [0.29, 0.717) is 0 Å². The van der Waals surface area contributed by atoms with Crippen molar-refractivity contribution in [2.24, 2.45) is 0 Å². The van der Waals surface area contributed by atoms with Crippen molar-refractivity contribution >= 4 is 32.7 Å². The highest BCUT2D eigenvalue weighted by molar-refractivity contribution is 6.12. The lowest BCUT2D eigenvalue weighted by molar-refractivity contribution is 0.487. The second kappa shape index (κ2) is 7.34. The maximum Gasteiger partial charge on any atom is 0.136 e. The Morgan fingerprint density at radius 2 is 1.17 bits per heavy atom. The molecule has 2 nitrogen and oxygen atoms in total. The van der Waals surface area contributed by atoms with Crippen LogP contribution in [0.5, 0.6) is 11.5 Å². The predicted molar refractivity (Wildman–Crippen MR) is 148 cm³/mol. The molecule has 0 saturated carbocycles. The molecule has 0 amide bonds.